The molecule has 1 fully saturated rings. The second-order valence-corrected chi connectivity index (χ2v) is 8.22. The summed E-state index contributed by atoms with van der Waals surface area (Å²) in [4.78, 5) is 12.6. The number of nitrogens with one attached hydrogen (secondary N) is 2. The fourth-order valence-corrected chi connectivity index (χ4v) is 3.81. The summed E-state index contributed by atoms with van der Waals surface area (Å²) >= 11 is 0. The van der Waals surface area contributed by atoms with Crippen LogP contribution in [-0.4, -0.2) is 34.0 Å². The third kappa shape index (κ3) is 4.78. The van der Waals surface area contributed by atoms with E-state index in [1.54, 1.807) is 36.4 Å². The highest BCUT2D eigenvalue weighted by atomic mass is 32.2. The van der Waals surface area contributed by atoms with Crippen LogP contribution in [0.1, 0.15) is 23.2 Å². The number of rotatable bonds is 8. The van der Waals surface area contributed by atoms with Gasteiger partial charge in [-0.15, -0.1) is 0 Å². The summed E-state index contributed by atoms with van der Waals surface area (Å²) in [6.07, 6.45) is 2.19. The topological polar surface area (TPSA) is 111 Å². The van der Waals surface area contributed by atoms with Crippen molar-refractivity contribution in [2.24, 2.45) is 11.7 Å². The van der Waals surface area contributed by atoms with Gasteiger partial charge in [-0.3, -0.25) is 9.52 Å². The maximum atomic E-state index is 12.6. The van der Waals surface area contributed by atoms with Crippen LogP contribution in [0.25, 0.3) is 0 Å². The number of carbonyl (C=O) groups excluding carboxylic acids is 1. The molecule has 1 atom stereocenters. The molecule has 7 nitrogen and oxygen atoms in total. The zero-order valence-electron chi connectivity index (χ0n) is 15.0. The van der Waals surface area contributed by atoms with Crippen molar-refractivity contribution in [2.45, 2.75) is 23.8 Å². The van der Waals surface area contributed by atoms with Gasteiger partial charge in [-0.25, -0.2) is 8.42 Å². The first kappa shape index (κ1) is 19.2. The number of nitrogens with two attached hydrogens (primary N) is 1. The zero-order chi connectivity index (χ0) is 19.4. The average Bonchev–Trinajstić information content (AvgIpc) is 3.51. The SMILES string of the molecule is COc1ccc(S(=O)(=O)Nc2ccccc2C(=O)NCC(N)C2CC2)cc1. The summed E-state index contributed by atoms with van der Waals surface area (Å²) < 4.78 is 32.8. The third-order valence-electron chi connectivity index (χ3n) is 4.51. The minimum absolute atomic E-state index is 0.0721. The first-order valence-electron chi connectivity index (χ1n) is 8.70. The van der Waals surface area contributed by atoms with Crippen molar-refractivity contribution in [2.75, 3.05) is 18.4 Å². The predicted molar refractivity (Wildman–Crippen MR) is 103 cm³/mol. The Morgan fingerprint density at radius 2 is 1.85 bits per heavy atom. The van der Waals surface area contributed by atoms with Crippen molar-refractivity contribution in [3.63, 3.8) is 0 Å². The van der Waals surface area contributed by atoms with Crippen LogP contribution in [0, 0.1) is 5.92 Å². The van der Waals surface area contributed by atoms with E-state index in [9.17, 15) is 13.2 Å². The molecule has 144 valence electrons. The lowest BCUT2D eigenvalue weighted by Gasteiger charge is -2.15. The summed E-state index contributed by atoms with van der Waals surface area (Å²) in [5.41, 5.74) is 6.47. The smallest absolute Gasteiger partial charge is 0.261 e. The second kappa shape index (κ2) is 7.98. The Balaban J connectivity index is 1.75. The molecule has 1 unspecified atom stereocenters. The monoisotopic (exact) mass is 389 g/mol. The Bertz CT molecular complexity index is 909. The van der Waals surface area contributed by atoms with Crippen molar-refractivity contribution in [1.29, 1.82) is 0 Å². The van der Waals surface area contributed by atoms with E-state index in [0.29, 0.717) is 18.2 Å². The number of methoxy groups -OCH3 is 1. The standard InChI is InChI=1S/C19H23N3O4S/c1-26-14-8-10-15(11-9-14)27(24,25)22-18-5-3-2-4-16(18)19(23)21-12-17(20)13-6-7-13/h2-5,8-11,13,17,22H,6-7,12,20H2,1H3,(H,21,23). The normalized spacial score (nSPS) is 15.0. The Morgan fingerprint density at radius 1 is 1.19 bits per heavy atom. The van der Waals surface area contributed by atoms with Crippen LogP contribution in [-0.2, 0) is 10.0 Å². The minimum Gasteiger partial charge on any atom is -0.497 e. The molecule has 2 aromatic carbocycles. The van der Waals surface area contributed by atoms with Gasteiger partial charge in [-0.05, 0) is 55.2 Å². The Morgan fingerprint density at radius 3 is 2.48 bits per heavy atom. The quantitative estimate of drug-likeness (QED) is 0.639. The number of sulfonamides is 1. The van der Waals surface area contributed by atoms with Crippen molar-refractivity contribution >= 4 is 21.6 Å². The maximum absolute atomic E-state index is 12.6. The molecule has 0 aromatic heterocycles. The lowest BCUT2D eigenvalue weighted by molar-refractivity contribution is 0.0951. The van der Waals surface area contributed by atoms with E-state index in [4.69, 9.17) is 10.5 Å². The van der Waals surface area contributed by atoms with Gasteiger partial charge in [-0.1, -0.05) is 12.1 Å². The molecular weight excluding hydrogens is 366 g/mol. The first-order valence-corrected chi connectivity index (χ1v) is 10.2. The zero-order valence-corrected chi connectivity index (χ0v) is 15.8. The second-order valence-electron chi connectivity index (χ2n) is 6.54. The molecule has 0 heterocycles. The molecule has 1 aliphatic carbocycles. The number of anilines is 1. The molecule has 1 saturated carbocycles. The number of hydrogen-bond acceptors (Lipinski definition) is 5. The molecule has 0 radical (unpaired) electrons. The van der Waals surface area contributed by atoms with Crippen molar-refractivity contribution in [3.8, 4) is 5.75 Å². The van der Waals surface area contributed by atoms with E-state index in [2.05, 4.69) is 10.0 Å². The molecular formula is C19H23N3O4S. The Labute approximate surface area is 159 Å². The molecule has 0 spiro atoms. The van der Waals surface area contributed by atoms with Crippen molar-refractivity contribution < 1.29 is 17.9 Å². The van der Waals surface area contributed by atoms with Gasteiger partial charge in [0.15, 0.2) is 0 Å². The van der Waals surface area contributed by atoms with Crippen LogP contribution in [0.2, 0.25) is 0 Å². The van der Waals surface area contributed by atoms with Crippen molar-refractivity contribution in [1.82, 2.24) is 5.32 Å². The largest absolute Gasteiger partial charge is 0.497 e. The molecule has 3 rings (SSSR count). The van der Waals surface area contributed by atoms with Crippen molar-refractivity contribution in [3.05, 3.63) is 54.1 Å². The van der Waals surface area contributed by atoms with E-state index in [1.165, 1.54) is 19.2 Å². The highest BCUT2D eigenvalue weighted by molar-refractivity contribution is 7.92. The molecule has 4 N–H and O–H groups in total. The first-order chi connectivity index (χ1) is 12.9. The summed E-state index contributed by atoms with van der Waals surface area (Å²) in [5, 5.41) is 2.79. The maximum Gasteiger partial charge on any atom is 0.261 e. The molecule has 0 saturated heterocycles. The van der Waals surface area contributed by atoms with Gasteiger partial charge in [0.25, 0.3) is 15.9 Å². The van der Waals surface area contributed by atoms with Crippen LogP contribution < -0.4 is 20.5 Å². The number of ether oxygens (including phenoxy) is 1. The lowest BCUT2D eigenvalue weighted by atomic mass is 10.1. The molecule has 1 amide bonds. The van der Waals surface area contributed by atoms with Crippen LogP contribution in [0.3, 0.4) is 0 Å². The van der Waals surface area contributed by atoms with Crippen LogP contribution >= 0.6 is 0 Å². The van der Waals surface area contributed by atoms with Gasteiger partial charge in [0, 0.05) is 12.6 Å². The highest BCUT2D eigenvalue weighted by Gasteiger charge is 2.28. The number of amides is 1. The van der Waals surface area contributed by atoms with Gasteiger partial charge in [0.1, 0.15) is 5.75 Å². The summed E-state index contributed by atoms with van der Waals surface area (Å²) in [6.45, 7) is 0.364. The van der Waals surface area contributed by atoms with E-state index in [0.717, 1.165) is 12.8 Å². The van der Waals surface area contributed by atoms with Crippen LogP contribution in [0.15, 0.2) is 53.4 Å². The van der Waals surface area contributed by atoms with Gasteiger partial charge in [0.05, 0.1) is 23.3 Å². The fourth-order valence-electron chi connectivity index (χ4n) is 2.73. The summed E-state index contributed by atoms with van der Waals surface area (Å²) in [5.74, 6) is 0.661. The number of para-hydroxylation sites is 1. The lowest BCUT2D eigenvalue weighted by Crippen LogP contribution is -2.38. The molecule has 2 aromatic rings. The average molecular weight is 389 g/mol. The fraction of sp³-hybridized carbons (Fsp3) is 0.316. The van der Waals surface area contributed by atoms with Gasteiger partial charge in [-0.2, -0.15) is 0 Å². The van der Waals surface area contributed by atoms with Gasteiger partial charge >= 0.3 is 0 Å². The summed E-state index contributed by atoms with van der Waals surface area (Å²) in [7, 11) is -2.33. The number of carbonyl (C=O) groups is 1. The van der Waals surface area contributed by atoms with E-state index < -0.39 is 10.0 Å². The van der Waals surface area contributed by atoms with Gasteiger partial charge in [0.2, 0.25) is 0 Å². The molecule has 0 aliphatic heterocycles. The molecule has 27 heavy (non-hydrogen) atoms. The van der Waals surface area contributed by atoms with Crippen LogP contribution in [0.5, 0.6) is 5.75 Å². The van der Waals surface area contributed by atoms with E-state index in [1.807, 2.05) is 0 Å². The van der Waals surface area contributed by atoms with Gasteiger partial charge < -0.3 is 15.8 Å². The molecule has 0 bridgehead atoms. The predicted octanol–water partition coefficient (Wildman–Crippen LogP) is 1.96. The number of hydrogen-bond donors (Lipinski definition) is 3. The van der Waals surface area contributed by atoms with E-state index >= 15 is 0 Å². The Kier molecular flexibility index (Phi) is 5.67. The number of benzene rings is 2. The van der Waals surface area contributed by atoms with Crippen LogP contribution in [0.4, 0.5) is 5.69 Å². The third-order valence-corrected chi connectivity index (χ3v) is 5.89. The molecule has 1 aliphatic rings. The minimum atomic E-state index is -3.84. The summed E-state index contributed by atoms with van der Waals surface area (Å²) in [6, 6.07) is 12.4. The highest BCUT2D eigenvalue weighted by Crippen LogP contribution is 2.31. The molecule has 8 heteroatoms. The Hall–Kier alpha value is -2.58. The van der Waals surface area contributed by atoms with E-state index in [-0.39, 0.29) is 28.1 Å².